The maximum absolute atomic E-state index is 10.2. The highest BCUT2D eigenvalue weighted by Crippen LogP contribution is 2.15. The van der Waals surface area contributed by atoms with Crippen molar-refractivity contribution >= 4 is 24.2 Å². The maximum atomic E-state index is 10.2. The molecular formula is C6H6N2O2S. The lowest BCUT2D eigenvalue weighted by Gasteiger charge is -1.95. The smallest absolute Gasteiger partial charge is 0.269 e. The molecule has 0 radical (unpaired) electrons. The number of nitro groups is 1. The monoisotopic (exact) mass is 170 g/mol. The fraction of sp³-hybridized carbons (Fsp3) is 0. The molecule has 1 N–H and O–H groups in total. The van der Waals surface area contributed by atoms with Crippen LogP contribution >= 0.6 is 12.8 Å². The first-order chi connectivity index (χ1) is 5.24. The zero-order chi connectivity index (χ0) is 8.27. The van der Waals surface area contributed by atoms with E-state index in [2.05, 4.69) is 17.5 Å². The predicted octanol–water partition coefficient (Wildman–Crippen LogP) is 1.85. The van der Waals surface area contributed by atoms with E-state index in [1.54, 1.807) is 12.1 Å². The standard InChI is InChI=1S/C6H6N2O2S/c9-8(10)6-3-1-5(7-11)2-4-6/h1-4,7,11H. The Morgan fingerprint density at radius 2 is 1.91 bits per heavy atom. The summed E-state index contributed by atoms with van der Waals surface area (Å²) in [6, 6.07) is 6.01. The summed E-state index contributed by atoms with van der Waals surface area (Å²) >= 11 is 3.78. The second-order valence-electron chi connectivity index (χ2n) is 1.92. The SMILES string of the molecule is O=[N+]([O-])c1ccc(NS)cc1. The fourth-order valence-electron chi connectivity index (χ4n) is 0.658. The van der Waals surface area contributed by atoms with Gasteiger partial charge in [0, 0.05) is 17.8 Å². The molecule has 4 nitrogen and oxygen atoms in total. The Balaban J connectivity index is 2.91. The van der Waals surface area contributed by atoms with Crippen LogP contribution in [0.25, 0.3) is 0 Å². The molecule has 0 spiro atoms. The summed E-state index contributed by atoms with van der Waals surface area (Å²) < 4.78 is 2.56. The first kappa shape index (κ1) is 7.87. The number of rotatable bonds is 2. The van der Waals surface area contributed by atoms with Gasteiger partial charge in [-0.2, -0.15) is 0 Å². The van der Waals surface area contributed by atoms with E-state index in [0.717, 1.165) is 5.69 Å². The molecule has 0 aliphatic heterocycles. The van der Waals surface area contributed by atoms with Crippen molar-refractivity contribution in [1.29, 1.82) is 0 Å². The third kappa shape index (κ3) is 1.84. The van der Waals surface area contributed by atoms with Crippen molar-refractivity contribution in [2.75, 3.05) is 4.72 Å². The maximum Gasteiger partial charge on any atom is 0.269 e. The molecule has 5 heteroatoms. The van der Waals surface area contributed by atoms with Gasteiger partial charge in [0.25, 0.3) is 5.69 Å². The van der Waals surface area contributed by atoms with Crippen LogP contribution in [-0.2, 0) is 0 Å². The summed E-state index contributed by atoms with van der Waals surface area (Å²) in [7, 11) is 0. The lowest BCUT2D eigenvalue weighted by Crippen LogP contribution is -1.87. The number of anilines is 1. The summed E-state index contributed by atoms with van der Waals surface area (Å²) in [6.45, 7) is 0. The van der Waals surface area contributed by atoms with Crippen LogP contribution in [0.5, 0.6) is 0 Å². The largest absolute Gasteiger partial charge is 0.332 e. The van der Waals surface area contributed by atoms with Gasteiger partial charge >= 0.3 is 0 Å². The first-order valence-electron chi connectivity index (χ1n) is 2.88. The molecule has 0 fully saturated rings. The minimum Gasteiger partial charge on any atom is -0.332 e. The number of hydrogen-bond donors (Lipinski definition) is 2. The van der Waals surface area contributed by atoms with Crippen LogP contribution in [0, 0.1) is 10.1 Å². The van der Waals surface area contributed by atoms with E-state index in [1.807, 2.05) is 0 Å². The molecule has 0 amide bonds. The van der Waals surface area contributed by atoms with Crippen LogP contribution in [0.1, 0.15) is 0 Å². The molecule has 0 atom stereocenters. The van der Waals surface area contributed by atoms with Gasteiger partial charge in [-0.05, 0) is 12.1 Å². The van der Waals surface area contributed by atoms with Crippen LogP contribution in [0.2, 0.25) is 0 Å². The van der Waals surface area contributed by atoms with Crippen molar-refractivity contribution in [2.24, 2.45) is 0 Å². The third-order valence-electron chi connectivity index (χ3n) is 1.21. The van der Waals surface area contributed by atoms with Crippen LogP contribution in [0.15, 0.2) is 24.3 Å². The van der Waals surface area contributed by atoms with E-state index in [0.29, 0.717) is 0 Å². The van der Waals surface area contributed by atoms with Gasteiger partial charge in [-0.1, -0.05) is 12.8 Å². The summed E-state index contributed by atoms with van der Waals surface area (Å²) in [6.07, 6.45) is 0. The number of non-ortho nitro benzene ring substituents is 1. The van der Waals surface area contributed by atoms with Gasteiger partial charge in [0.2, 0.25) is 0 Å². The third-order valence-corrected chi connectivity index (χ3v) is 1.47. The molecule has 1 aromatic rings. The average Bonchev–Trinajstić information content (AvgIpc) is 2.05. The second kappa shape index (κ2) is 3.25. The Morgan fingerprint density at radius 3 is 2.27 bits per heavy atom. The van der Waals surface area contributed by atoms with E-state index in [-0.39, 0.29) is 5.69 Å². The molecular weight excluding hydrogens is 164 g/mol. The predicted molar refractivity (Wildman–Crippen MR) is 45.7 cm³/mol. The summed E-state index contributed by atoms with van der Waals surface area (Å²) in [4.78, 5) is 9.72. The highest BCUT2D eigenvalue weighted by molar-refractivity contribution is 7.81. The minimum atomic E-state index is -0.442. The molecule has 0 saturated carbocycles. The Hall–Kier alpha value is -1.23. The number of nitro benzene ring substituents is 1. The van der Waals surface area contributed by atoms with Gasteiger partial charge in [0.05, 0.1) is 4.92 Å². The van der Waals surface area contributed by atoms with Gasteiger partial charge in [-0.15, -0.1) is 0 Å². The minimum absolute atomic E-state index is 0.0809. The topological polar surface area (TPSA) is 55.2 Å². The van der Waals surface area contributed by atoms with Gasteiger partial charge in [-0.3, -0.25) is 10.1 Å². The number of nitrogens with zero attached hydrogens (tertiary/aromatic N) is 1. The molecule has 0 unspecified atom stereocenters. The zero-order valence-corrected chi connectivity index (χ0v) is 6.41. The Labute approximate surface area is 68.9 Å². The van der Waals surface area contributed by atoms with Crippen molar-refractivity contribution in [1.82, 2.24) is 0 Å². The zero-order valence-electron chi connectivity index (χ0n) is 5.52. The quantitative estimate of drug-likeness (QED) is 0.404. The van der Waals surface area contributed by atoms with Crippen LogP contribution in [0.4, 0.5) is 11.4 Å². The van der Waals surface area contributed by atoms with Gasteiger partial charge in [-0.25, -0.2) is 0 Å². The average molecular weight is 170 g/mol. The van der Waals surface area contributed by atoms with Crippen LogP contribution in [0.3, 0.4) is 0 Å². The lowest BCUT2D eigenvalue weighted by atomic mass is 10.3. The second-order valence-corrected chi connectivity index (χ2v) is 2.14. The molecule has 0 bridgehead atoms. The van der Waals surface area contributed by atoms with Gasteiger partial charge in [0.1, 0.15) is 0 Å². The summed E-state index contributed by atoms with van der Waals surface area (Å²) in [5.41, 5.74) is 0.816. The van der Waals surface area contributed by atoms with Crippen LogP contribution < -0.4 is 4.72 Å². The molecule has 1 aromatic carbocycles. The molecule has 0 aliphatic carbocycles. The molecule has 0 aliphatic rings. The summed E-state index contributed by atoms with van der Waals surface area (Å²) in [5, 5.41) is 10.2. The normalized spacial score (nSPS) is 9.18. The Kier molecular flexibility index (Phi) is 2.32. The van der Waals surface area contributed by atoms with Crippen molar-refractivity contribution in [3.63, 3.8) is 0 Å². The molecule has 0 saturated heterocycles. The number of benzene rings is 1. The summed E-state index contributed by atoms with van der Waals surface area (Å²) in [5.74, 6) is 0. The Morgan fingerprint density at radius 1 is 1.36 bits per heavy atom. The van der Waals surface area contributed by atoms with Crippen molar-refractivity contribution in [3.05, 3.63) is 34.4 Å². The van der Waals surface area contributed by atoms with Crippen LogP contribution in [-0.4, -0.2) is 4.92 Å². The van der Waals surface area contributed by atoms with Gasteiger partial charge < -0.3 is 4.72 Å². The van der Waals surface area contributed by atoms with Crippen molar-refractivity contribution in [2.45, 2.75) is 0 Å². The number of thiol groups is 1. The Bertz CT molecular complexity index is 260. The first-order valence-corrected chi connectivity index (χ1v) is 3.33. The molecule has 11 heavy (non-hydrogen) atoms. The van der Waals surface area contributed by atoms with Crippen molar-refractivity contribution in [3.8, 4) is 0 Å². The van der Waals surface area contributed by atoms with E-state index >= 15 is 0 Å². The number of hydrogen-bond acceptors (Lipinski definition) is 4. The molecule has 0 heterocycles. The van der Waals surface area contributed by atoms with Gasteiger partial charge in [0.15, 0.2) is 0 Å². The van der Waals surface area contributed by atoms with E-state index in [9.17, 15) is 10.1 Å². The fourth-order valence-corrected chi connectivity index (χ4v) is 0.807. The molecule has 58 valence electrons. The molecule has 1 rings (SSSR count). The highest BCUT2D eigenvalue weighted by Gasteiger charge is 2.01. The number of nitrogens with one attached hydrogen (secondary N) is 1. The van der Waals surface area contributed by atoms with E-state index in [1.165, 1.54) is 12.1 Å². The van der Waals surface area contributed by atoms with E-state index in [4.69, 9.17) is 0 Å². The lowest BCUT2D eigenvalue weighted by molar-refractivity contribution is -0.384. The van der Waals surface area contributed by atoms with E-state index < -0.39 is 4.92 Å². The highest BCUT2D eigenvalue weighted by atomic mass is 32.1. The molecule has 0 aromatic heterocycles. The van der Waals surface area contributed by atoms with Crippen molar-refractivity contribution < 1.29 is 4.92 Å².